The van der Waals surface area contributed by atoms with Crippen LogP contribution in [0.15, 0.2) is 17.2 Å². The lowest BCUT2D eigenvalue weighted by Gasteiger charge is -2.23. The molecular formula is C19H2F8N2. The van der Waals surface area contributed by atoms with E-state index in [-0.39, 0.29) is 0 Å². The zero-order valence-corrected chi connectivity index (χ0v) is 13.5. The molecule has 0 aromatic heterocycles. The highest BCUT2D eigenvalue weighted by Gasteiger charge is 2.39. The number of rotatable bonds is 0. The van der Waals surface area contributed by atoms with E-state index in [9.17, 15) is 30.7 Å². The molecule has 1 aliphatic carbocycles. The predicted octanol–water partition coefficient (Wildman–Crippen LogP) is 4.99. The zero-order valence-electron chi connectivity index (χ0n) is 14.5. The van der Waals surface area contributed by atoms with E-state index in [1.54, 1.807) is 0 Å². The number of allylic oxidation sites excluding steroid dienone is 2. The Labute approximate surface area is 156 Å². The first kappa shape index (κ1) is 17.4. The Bertz CT molecular complexity index is 1470. The van der Waals surface area contributed by atoms with Crippen LogP contribution in [0, 0.1) is 57.6 Å². The molecule has 1 atom stereocenters. The molecule has 1 unspecified atom stereocenters. The maximum absolute atomic E-state index is 15.0. The van der Waals surface area contributed by atoms with Gasteiger partial charge in [-0.3, -0.25) is 0 Å². The van der Waals surface area contributed by atoms with Gasteiger partial charge in [0.25, 0.3) is 0 Å². The Kier molecular flexibility index (Phi) is 3.56. The maximum atomic E-state index is 15.0. The topological polar surface area (TPSA) is 47.6 Å². The summed E-state index contributed by atoms with van der Waals surface area (Å²) < 4.78 is 125. The van der Waals surface area contributed by atoms with Gasteiger partial charge in [-0.05, 0) is 0 Å². The van der Waals surface area contributed by atoms with Crippen molar-refractivity contribution in [3.63, 3.8) is 0 Å². The van der Waals surface area contributed by atoms with Crippen LogP contribution >= 0.6 is 0 Å². The first-order valence-electron chi connectivity index (χ1n) is 8.07. The lowest BCUT2D eigenvalue weighted by Crippen LogP contribution is -2.25. The first-order chi connectivity index (χ1) is 14.1. The van der Waals surface area contributed by atoms with Gasteiger partial charge in [-0.15, -0.1) is 0 Å². The summed E-state index contributed by atoms with van der Waals surface area (Å²) in [5, 5.41) is 10.8. The molecular weight excluding hydrogens is 408 g/mol. The third-order valence-electron chi connectivity index (χ3n) is 4.66. The van der Waals surface area contributed by atoms with Gasteiger partial charge in [-0.1, -0.05) is 0 Å². The van der Waals surface area contributed by atoms with Gasteiger partial charge in [0.05, 0.1) is 22.9 Å². The van der Waals surface area contributed by atoms with Gasteiger partial charge < -0.3 is 0 Å². The molecule has 10 heteroatoms. The first-order valence-corrected chi connectivity index (χ1v) is 7.57. The average Bonchev–Trinajstić information content (AvgIpc) is 2.71. The summed E-state index contributed by atoms with van der Waals surface area (Å²) in [6.07, 6.45) is -3.06. The van der Waals surface area contributed by atoms with Crippen LogP contribution in [0.5, 0.6) is 0 Å². The largest absolute Gasteiger partial charge is 0.237 e. The quantitative estimate of drug-likeness (QED) is 0.387. The van der Waals surface area contributed by atoms with E-state index in [1.165, 1.54) is 0 Å². The fraction of sp³-hybridized carbons (Fsp3) is 0.0526. The molecule has 29 heavy (non-hydrogen) atoms. The summed E-state index contributed by atoms with van der Waals surface area (Å²) in [7, 11) is 0. The van der Waals surface area contributed by atoms with Crippen LogP contribution in [0.3, 0.4) is 0 Å². The average molecular weight is 411 g/mol. The van der Waals surface area contributed by atoms with Crippen LogP contribution in [-0.2, 0) is 0 Å². The molecule has 0 fully saturated rings. The molecule has 2 nitrogen and oxygen atoms in total. The Morgan fingerprint density at radius 2 is 1.31 bits per heavy atom. The molecule has 0 aliphatic heterocycles. The zero-order chi connectivity index (χ0) is 22.2. The normalized spacial score (nSPS) is 16.2. The minimum absolute atomic E-state index is 1.11. The number of benzene rings is 3. The van der Waals surface area contributed by atoms with E-state index in [0.717, 1.165) is 12.1 Å². The van der Waals surface area contributed by atoms with Crippen LogP contribution in [0.2, 0.25) is 0 Å². The van der Waals surface area contributed by atoms with Crippen molar-refractivity contribution in [2.45, 2.75) is 6.17 Å². The molecule has 0 spiro atoms. The molecule has 3 aromatic carbocycles. The van der Waals surface area contributed by atoms with Gasteiger partial charge in [-0.2, -0.15) is 10.5 Å². The smallest absolute Gasteiger partial charge is 0.170 e. The van der Waals surface area contributed by atoms with Crippen LogP contribution in [0.25, 0.3) is 27.4 Å². The fourth-order valence-electron chi connectivity index (χ4n) is 3.51. The van der Waals surface area contributed by atoms with E-state index >= 15 is 4.39 Å². The van der Waals surface area contributed by atoms with Crippen molar-refractivity contribution in [1.29, 1.82) is 10.5 Å². The number of nitrogens with zero attached hydrogens (tertiary/aromatic N) is 2. The molecule has 0 radical (unpaired) electrons. The van der Waals surface area contributed by atoms with E-state index in [0.29, 0.717) is 0 Å². The van der Waals surface area contributed by atoms with Crippen molar-refractivity contribution in [1.82, 2.24) is 0 Å². The van der Waals surface area contributed by atoms with Crippen molar-refractivity contribution in [2.75, 3.05) is 0 Å². The summed E-state index contributed by atoms with van der Waals surface area (Å²) in [6.45, 7) is 0. The fourth-order valence-corrected chi connectivity index (χ4v) is 3.51. The highest BCUT2D eigenvalue weighted by atomic mass is 19.2. The second-order valence-corrected chi connectivity index (χ2v) is 5.99. The molecule has 4 rings (SSSR count). The predicted molar refractivity (Wildman–Crippen MR) is 83.0 cm³/mol. The Balaban J connectivity index is 2.55. The summed E-state index contributed by atoms with van der Waals surface area (Å²) in [6, 6.07) is 0.502. The number of hydrogen-bond acceptors (Lipinski definition) is 2. The van der Waals surface area contributed by atoms with Crippen LogP contribution in [-0.4, -0.2) is 0 Å². The number of hydrogen-bond donors (Lipinski definition) is 0. The monoisotopic (exact) mass is 411 g/mol. The third-order valence-corrected chi connectivity index (χ3v) is 4.66. The van der Waals surface area contributed by atoms with Crippen LogP contribution < -0.4 is 5.22 Å². The van der Waals surface area contributed by atoms with Crippen molar-refractivity contribution < 1.29 is 36.5 Å². The van der Waals surface area contributed by atoms with Gasteiger partial charge in [0.1, 0.15) is 35.2 Å². The summed E-state index contributed by atoms with van der Waals surface area (Å²) >= 11 is 0. The molecule has 0 N–H and O–H groups in total. The van der Waals surface area contributed by atoms with Crippen LogP contribution in [0.1, 0.15) is 13.1 Å². The standard InChI is InChI=1S/C19H2F8N2/c20-5-1-6(21)9-10-8(5)16(24)18(26)12-11(10)13(19(27)17(9)25)15(23)7(14(12)22)4(2-28)3-29/h1,14H/i1D. The van der Waals surface area contributed by atoms with Gasteiger partial charge >= 0.3 is 0 Å². The molecule has 0 saturated carbocycles. The third kappa shape index (κ3) is 2.08. The Morgan fingerprint density at radius 3 is 1.83 bits per heavy atom. The maximum Gasteiger partial charge on any atom is 0.170 e. The van der Waals surface area contributed by atoms with Crippen molar-refractivity contribution in [2.24, 2.45) is 0 Å². The van der Waals surface area contributed by atoms with Gasteiger partial charge in [0.2, 0.25) is 0 Å². The Hall–Kier alpha value is -3.66. The van der Waals surface area contributed by atoms with E-state index in [4.69, 9.17) is 11.9 Å². The molecule has 1 aliphatic rings. The minimum atomic E-state index is -3.06. The number of halogens is 8. The highest BCUT2D eigenvalue weighted by Crippen LogP contribution is 2.46. The molecule has 0 bridgehead atoms. The Morgan fingerprint density at radius 1 is 0.793 bits per heavy atom. The summed E-state index contributed by atoms with van der Waals surface area (Å²) in [5.41, 5.74) is -4.21. The number of nitriles is 2. The lowest BCUT2D eigenvalue weighted by atomic mass is 9.83. The van der Waals surface area contributed by atoms with Crippen molar-refractivity contribution in [3.05, 3.63) is 62.9 Å². The van der Waals surface area contributed by atoms with Crippen LogP contribution in [0.4, 0.5) is 35.1 Å². The number of alkyl halides is 1. The molecule has 0 heterocycles. The summed E-state index contributed by atoms with van der Waals surface area (Å²) in [5.74, 6) is -14.7. The van der Waals surface area contributed by atoms with Crippen molar-refractivity contribution in [3.8, 4) is 12.1 Å². The van der Waals surface area contributed by atoms with Gasteiger partial charge in [0.15, 0.2) is 29.4 Å². The van der Waals surface area contributed by atoms with Gasteiger partial charge in [0, 0.05) is 22.4 Å². The lowest BCUT2D eigenvalue weighted by molar-refractivity contribution is 0.374. The van der Waals surface area contributed by atoms with E-state index in [2.05, 4.69) is 0 Å². The molecule has 0 saturated heterocycles. The SMILES string of the molecule is [2H]c1c(F)c2c(F)c(F)c3c4c(c(F)c(F)c(c1F)c24)=C(F)C(=C(C#N)C#N)C3F. The molecule has 0 amide bonds. The second kappa shape index (κ2) is 5.92. The van der Waals surface area contributed by atoms with E-state index < -0.39 is 96.4 Å². The highest BCUT2D eigenvalue weighted by molar-refractivity contribution is 6.14. The minimum Gasteiger partial charge on any atom is -0.237 e. The van der Waals surface area contributed by atoms with E-state index in [1.807, 2.05) is 0 Å². The second-order valence-electron chi connectivity index (χ2n) is 5.99. The van der Waals surface area contributed by atoms with Crippen molar-refractivity contribution >= 4 is 27.4 Å². The molecule has 144 valence electrons. The van der Waals surface area contributed by atoms with Gasteiger partial charge in [-0.25, -0.2) is 35.1 Å². The molecule has 3 aromatic rings. The summed E-state index contributed by atoms with van der Waals surface area (Å²) in [4.78, 5) is 0.